The maximum atomic E-state index is 11.4. The van der Waals surface area contributed by atoms with E-state index in [2.05, 4.69) is 50.3 Å². The standard InChI is InChI=1S/C23H30N4O2/c28-23(29)22-19(11-24-25-22)15-26-12-17-9-18(14-26)21-8-4-7-20(27(21)13-17)10-16-5-2-1-3-6-16/h1-3,5-6,11,17-18,20-21H,4,7-10,12-15H2,(H,24,25)(H,28,29)/t17-,18+,20+,21-/m0/s1. The third kappa shape index (κ3) is 3.83. The number of hydrogen-bond donors (Lipinski definition) is 2. The first-order valence-electron chi connectivity index (χ1n) is 10.9. The summed E-state index contributed by atoms with van der Waals surface area (Å²) in [7, 11) is 0. The van der Waals surface area contributed by atoms with E-state index in [1.165, 1.54) is 37.8 Å². The number of benzene rings is 1. The Balaban J connectivity index is 1.28. The quantitative estimate of drug-likeness (QED) is 0.816. The van der Waals surface area contributed by atoms with Gasteiger partial charge in [-0.25, -0.2) is 4.79 Å². The molecule has 1 aromatic heterocycles. The van der Waals surface area contributed by atoms with Gasteiger partial charge >= 0.3 is 5.97 Å². The molecule has 4 heterocycles. The van der Waals surface area contributed by atoms with Gasteiger partial charge in [0.1, 0.15) is 5.69 Å². The molecule has 0 saturated carbocycles. The average molecular weight is 395 g/mol. The van der Waals surface area contributed by atoms with E-state index in [1.54, 1.807) is 6.20 Å². The Morgan fingerprint density at radius 1 is 1.17 bits per heavy atom. The van der Waals surface area contributed by atoms with Crippen molar-refractivity contribution in [3.8, 4) is 0 Å². The Morgan fingerprint density at radius 2 is 2.03 bits per heavy atom. The lowest BCUT2D eigenvalue weighted by atomic mass is 9.74. The fraction of sp³-hybridized carbons (Fsp3) is 0.565. The molecule has 3 saturated heterocycles. The summed E-state index contributed by atoms with van der Waals surface area (Å²) >= 11 is 0. The molecule has 5 rings (SSSR count). The normalized spacial score (nSPS) is 30.1. The molecule has 0 spiro atoms. The van der Waals surface area contributed by atoms with E-state index >= 15 is 0 Å². The van der Waals surface area contributed by atoms with E-state index in [1.807, 2.05) is 0 Å². The molecule has 4 atom stereocenters. The van der Waals surface area contributed by atoms with Crippen LogP contribution in [0.3, 0.4) is 0 Å². The molecule has 6 heteroatoms. The van der Waals surface area contributed by atoms with Crippen LogP contribution in [-0.2, 0) is 13.0 Å². The van der Waals surface area contributed by atoms with Crippen molar-refractivity contribution >= 4 is 5.97 Å². The number of carbonyl (C=O) groups is 1. The number of hydrogen-bond acceptors (Lipinski definition) is 4. The fourth-order valence-corrected chi connectivity index (χ4v) is 6.11. The van der Waals surface area contributed by atoms with Crippen molar-refractivity contribution in [1.29, 1.82) is 0 Å². The molecule has 29 heavy (non-hydrogen) atoms. The highest BCUT2D eigenvalue weighted by Crippen LogP contribution is 2.40. The largest absolute Gasteiger partial charge is 0.477 e. The van der Waals surface area contributed by atoms with E-state index in [4.69, 9.17) is 0 Å². The van der Waals surface area contributed by atoms with Gasteiger partial charge in [0.25, 0.3) is 0 Å². The minimum atomic E-state index is -0.920. The van der Waals surface area contributed by atoms with Gasteiger partial charge in [-0.3, -0.25) is 14.9 Å². The minimum absolute atomic E-state index is 0.239. The van der Waals surface area contributed by atoms with Gasteiger partial charge in [-0.05, 0) is 43.1 Å². The molecule has 3 fully saturated rings. The van der Waals surface area contributed by atoms with Gasteiger partial charge in [-0.2, -0.15) is 5.10 Å². The van der Waals surface area contributed by atoms with Gasteiger partial charge in [-0.15, -0.1) is 0 Å². The highest BCUT2D eigenvalue weighted by molar-refractivity contribution is 5.86. The van der Waals surface area contributed by atoms with Crippen molar-refractivity contribution in [2.24, 2.45) is 11.8 Å². The monoisotopic (exact) mass is 394 g/mol. The van der Waals surface area contributed by atoms with E-state index in [0.29, 0.717) is 30.5 Å². The second-order valence-electron chi connectivity index (χ2n) is 9.17. The summed E-state index contributed by atoms with van der Waals surface area (Å²) in [5, 5.41) is 15.9. The topological polar surface area (TPSA) is 72.5 Å². The zero-order valence-electron chi connectivity index (χ0n) is 16.8. The molecule has 1 aromatic carbocycles. The lowest BCUT2D eigenvalue weighted by Gasteiger charge is -2.55. The minimum Gasteiger partial charge on any atom is -0.477 e. The smallest absolute Gasteiger partial charge is 0.354 e. The Kier molecular flexibility index (Phi) is 5.14. The van der Waals surface area contributed by atoms with E-state index in [9.17, 15) is 9.90 Å². The summed E-state index contributed by atoms with van der Waals surface area (Å²) < 4.78 is 0. The Hall–Kier alpha value is -2.18. The highest BCUT2D eigenvalue weighted by atomic mass is 16.4. The Labute approximate surface area is 171 Å². The zero-order valence-corrected chi connectivity index (χ0v) is 16.8. The third-order valence-corrected chi connectivity index (χ3v) is 7.23. The van der Waals surface area contributed by atoms with Crippen LogP contribution >= 0.6 is 0 Å². The maximum Gasteiger partial charge on any atom is 0.354 e. The number of H-pyrrole nitrogens is 1. The molecule has 0 aliphatic carbocycles. The number of fused-ring (bicyclic) bond motifs is 4. The lowest BCUT2D eigenvalue weighted by molar-refractivity contribution is -0.0579. The summed E-state index contributed by atoms with van der Waals surface area (Å²) in [4.78, 5) is 16.7. The predicted molar refractivity (Wildman–Crippen MR) is 111 cm³/mol. The number of nitrogens with one attached hydrogen (secondary N) is 1. The number of aromatic carboxylic acids is 1. The molecule has 3 aliphatic heterocycles. The maximum absolute atomic E-state index is 11.4. The number of aromatic nitrogens is 2. The SMILES string of the molecule is O=C(O)c1[nH]ncc1CN1C[C@@H]2C[C@H](C1)[C@@H]1CCC[C@H](Cc3ccccc3)N1C2. The van der Waals surface area contributed by atoms with Crippen molar-refractivity contribution < 1.29 is 9.90 Å². The number of nitrogens with zero attached hydrogens (tertiary/aromatic N) is 3. The molecule has 0 unspecified atom stereocenters. The van der Waals surface area contributed by atoms with Crippen LogP contribution < -0.4 is 0 Å². The molecule has 2 bridgehead atoms. The number of piperidine rings is 3. The van der Waals surface area contributed by atoms with Gasteiger partial charge in [0.2, 0.25) is 0 Å². The first-order valence-corrected chi connectivity index (χ1v) is 10.9. The molecule has 0 amide bonds. The van der Waals surface area contributed by atoms with E-state index in [0.717, 1.165) is 25.1 Å². The predicted octanol–water partition coefficient (Wildman–Crippen LogP) is 3.03. The molecule has 3 aliphatic rings. The van der Waals surface area contributed by atoms with Crippen molar-refractivity contribution in [3.05, 3.63) is 53.3 Å². The summed E-state index contributed by atoms with van der Waals surface area (Å²) in [6.45, 7) is 4.00. The molecular weight excluding hydrogens is 364 g/mol. The van der Waals surface area contributed by atoms with Crippen molar-refractivity contribution in [1.82, 2.24) is 20.0 Å². The second-order valence-corrected chi connectivity index (χ2v) is 9.17. The van der Waals surface area contributed by atoms with Gasteiger partial charge in [0, 0.05) is 43.8 Å². The van der Waals surface area contributed by atoms with Crippen LogP contribution in [-0.4, -0.2) is 62.8 Å². The molecule has 154 valence electrons. The van der Waals surface area contributed by atoms with E-state index < -0.39 is 5.97 Å². The first-order chi connectivity index (χ1) is 14.2. The number of carboxylic acids is 1. The van der Waals surface area contributed by atoms with Crippen LogP contribution in [0.4, 0.5) is 0 Å². The van der Waals surface area contributed by atoms with Crippen molar-refractivity contribution in [3.63, 3.8) is 0 Å². The molecule has 2 N–H and O–H groups in total. The Bertz CT molecular complexity index is 852. The third-order valence-electron chi connectivity index (χ3n) is 7.23. The molecular formula is C23H30N4O2. The van der Waals surface area contributed by atoms with Gasteiger partial charge < -0.3 is 5.11 Å². The van der Waals surface area contributed by atoms with Crippen LogP contribution in [0.1, 0.15) is 47.3 Å². The lowest BCUT2D eigenvalue weighted by Crippen LogP contribution is -2.61. The van der Waals surface area contributed by atoms with Crippen molar-refractivity contribution in [2.45, 2.75) is 50.7 Å². The summed E-state index contributed by atoms with van der Waals surface area (Å²) in [6, 6.07) is 12.3. The fourth-order valence-electron chi connectivity index (χ4n) is 6.11. The number of carboxylic acid groups (broad SMARTS) is 1. The van der Waals surface area contributed by atoms with Crippen molar-refractivity contribution in [2.75, 3.05) is 19.6 Å². The molecule has 2 aromatic rings. The number of likely N-dealkylation sites (tertiary alicyclic amines) is 1. The van der Waals surface area contributed by atoms with Crippen LogP contribution in [0, 0.1) is 11.8 Å². The molecule has 6 nitrogen and oxygen atoms in total. The van der Waals surface area contributed by atoms with Gasteiger partial charge in [0.05, 0.1) is 6.20 Å². The van der Waals surface area contributed by atoms with Crippen LogP contribution in [0.5, 0.6) is 0 Å². The first kappa shape index (κ1) is 18.8. The van der Waals surface area contributed by atoms with Crippen LogP contribution in [0.25, 0.3) is 0 Å². The molecule has 0 radical (unpaired) electrons. The van der Waals surface area contributed by atoms with Gasteiger partial charge in [-0.1, -0.05) is 36.8 Å². The van der Waals surface area contributed by atoms with Crippen LogP contribution in [0.15, 0.2) is 36.5 Å². The van der Waals surface area contributed by atoms with Gasteiger partial charge in [0.15, 0.2) is 0 Å². The highest BCUT2D eigenvalue weighted by Gasteiger charge is 2.44. The number of aromatic amines is 1. The Morgan fingerprint density at radius 3 is 2.86 bits per heavy atom. The van der Waals surface area contributed by atoms with E-state index in [-0.39, 0.29) is 5.69 Å². The summed E-state index contributed by atoms with van der Waals surface area (Å²) in [6.07, 6.45) is 8.11. The zero-order chi connectivity index (χ0) is 19.8. The average Bonchev–Trinajstić information content (AvgIpc) is 3.18. The second kappa shape index (κ2) is 7.92. The van der Waals surface area contributed by atoms with Crippen LogP contribution in [0.2, 0.25) is 0 Å². The summed E-state index contributed by atoms with van der Waals surface area (Å²) in [5.41, 5.74) is 2.50. The summed E-state index contributed by atoms with van der Waals surface area (Å²) in [5.74, 6) is 0.458. The number of rotatable bonds is 5.